The zero-order chi connectivity index (χ0) is 16.7. The van der Waals surface area contributed by atoms with Crippen LogP contribution in [0.25, 0.3) is 11.0 Å². The van der Waals surface area contributed by atoms with Crippen LogP contribution in [0.15, 0.2) is 18.6 Å². The molecule has 3 heterocycles. The van der Waals surface area contributed by atoms with Crippen molar-refractivity contribution in [3.63, 3.8) is 0 Å². The lowest BCUT2D eigenvalue weighted by molar-refractivity contribution is -0.149. The Morgan fingerprint density at radius 2 is 1.78 bits per heavy atom. The number of ether oxygens (including phenoxy) is 1. The molecule has 10 nitrogen and oxygen atoms in total. The summed E-state index contributed by atoms with van der Waals surface area (Å²) < 4.78 is 6.91. The van der Waals surface area contributed by atoms with E-state index in [1.54, 1.807) is 6.07 Å². The molecule has 1 aliphatic rings. The molecule has 0 radical (unpaired) electrons. The minimum absolute atomic E-state index is 0.233. The fourth-order valence-corrected chi connectivity index (χ4v) is 2.71. The molecule has 0 bridgehead atoms. The fourth-order valence-electron chi connectivity index (χ4n) is 2.71. The van der Waals surface area contributed by atoms with Gasteiger partial charge in [-0.15, -0.1) is 0 Å². The van der Waals surface area contributed by atoms with Crippen molar-refractivity contribution in [2.45, 2.75) is 36.7 Å². The van der Waals surface area contributed by atoms with Gasteiger partial charge in [-0.1, -0.05) is 0 Å². The van der Waals surface area contributed by atoms with Crippen LogP contribution in [0.3, 0.4) is 0 Å². The molecule has 1 aliphatic heterocycles. The molecule has 1 saturated heterocycles. The van der Waals surface area contributed by atoms with Gasteiger partial charge in [0.05, 0.1) is 12.0 Å². The van der Waals surface area contributed by atoms with Crippen LogP contribution in [0.2, 0.25) is 0 Å². The lowest BCUT2D eigenvalue weighted by Gasteiger charge is -2.27. The summed E-state index contributed by atoms with van der Waals surface area (Å²) in [7, 11) is 0. The lowest BCUT2D eigenvalue weighted by Crippen LogP contribution is -2.47. The Balaban J connectivity index is 2.06. The number of hydrogen-bond donors (Lipinski definition) is 6. The topological polar surface area (TPSA) is 167 Å². The highest BCUT2D eigenvalue weighted by Crippen LogP contribution is 2.31. The third-order valence-corrected chi connectivity index (χ3v) is 4.03. The number of nitrogens with two attached hydrogens (primary N) is 1. The van der Waals surface area contributed by atoms with E-state index in [1.807, 2.05) is 0 Å². The number of hydrogen-bond acceptors (Lipinski definition) is 9. The monoisotopic (exact) mass is 326 g/mol. The Morgan fingerprint density at radius 3 is 2.48 bits per heavy atom. The zero-order valence-electron chi connectivity index (χ0n) is 12.0. The van der Waals surface area contributed by atoms with Crippen molar-refractivity contribution in [2.24, 2.45) is 0 Å². The van der Waals surface area contributed by atoms with Crippen LogP contribution in [0.5, 0.6) is 0 Å². The molecule has 0 spiro atoms. The first-order valence-corrected chi connectivity index (χ1v) is 7.01. The van der Waals surface area contributed by atoms with E-state index in [0.29, 0.717) is 11.0 Å². The molecule has 6 atom stereocenters. The van der Waals surface area contributed by atoms with Crippen LogP contribution in [0, 0.1) is 0 Å². The summed E-state index contributed by atoms with van der Waals surface area (Å²) in [6.45, 7) is -0.607. The van der Waals surface area contributed by atoms with Crippen molar-refractivity contribution in [1.29, 1.82) is 0 Å². The highest BCUT2D eigenvalue weighted by molar-refractivity contribution is 5.86. The molecule has 2 aromatic rings. The van der Waals surface area contributed by atoms with Gasteiger partial charge in [0.1, 0.15) is 48.3 Å². The summed E-state index contributed by atoms with van der Waals surface area (Å²) in [4.78, 5) is 7.92. The number of nitrogens with zero attached hydrogens (tertiary/aromatic N) is 3. The quantitative estimate of drug-likeness (QED) is 0.345. The van der Waals surface area contributed by atoms with E-state index in [-0.39, 0.29) is 5.82 Å². The summed E-state index contributed by atoms with van der Waals surface area (Å²) in [6, 6.07) is 1.61. The second-order valence-corrected chi connectivity index (χ2v) is 5.43. The molecule has 126 valence electrons. The molecule has 10 heteroatoms. The number of aromatic nitrogens is 3. The molecular weight excluding hydrogens is 308 g/mol. The lowest BCUT2D eigenvalue weighted by atomic mass is 10.0. The van der Waals surface area contributed by atoms with Gasteiger partial charge < -0.3 is 40.6 Å². The maximum absolute atomic E-state index is 10.3. The van der Waals surface area contributed by atoms with Gasteiger partial charge in [0, 0.05) is 6.20 Å². The molecule has 7 N–H and O–H groups in total. The second kappa shape index (κ2) is 6.00. The summed E-state index contributed by atoms with van der Waals surface area (Å²) in [5.74, 6) is 0.233. The molecule has 0 saturated carbocycles. The number of aliphatic hydroxyl groups excluding tert-OH is 5. The van der Waals surface area contributed by atoms with Crippen LogP contribution in [0.1, 0.15) is 6.23 Å². The normalized spacial score (nSPS) is 35.3. The molecular formula is C13H18N4O6. The average Bonchev–Trinajstić information content (AvgIpc) is 2.95. The van der Waals surface area contributed by atoms with Gasteiger partial charge >= 0.3 is 0 Å². The number of rotatable bonds is 2. The van der Waals surface area contributed by atoms with Gasteiger partial charge in [-0.2, -0.15) is 0 Å². The summed E-state index contributed by atoms with van der Waals surface area (Å²) in [5.41, 5.74) is 6.10. The van der Waals surface area contributed by atoms with Crippen LogP contribution in [-0.2, 0) is 4.74 Å². The van der Waals surface area contributed by atoms with Crippen LogP contribution in [0.4, 0.5) is 5.82 Å². The smallest absolute Gasteiger partial charge is 0.164 e. The van der Waals surface area contributed by atoms with Crippen molar-refractivity contribution in [3.8, 4) is 0 Å². The van der Waals surface area contributed by atoms with Gasteiger partial charge in [-0.3, -0.25) is 0 Å². The van der Waals surface area contributed by atoms with Gasteiger partial charge in [-0.25, -0.2) is 9.97 Å². The van der Waals surface area contributed by atoms with Gasteiger partial charge in [-0.05, 0) is 6.07 Å². The predicted octanol–water partition coefficient (Wildman–Crippen LogP) is -2.65. The van der Waals surface area contributed by atoms with Gasteiger partial charge in [0.25, 0.3) is 0 Å². The molecule has 1 fully saturated rings. The minimum Gasteiger partial charge on any atom is -0.394 e. The third-order valence-electron chi connectivity index (χ3n) is 4.03. The van der Waals surface area contributed by atoms with E-state index in [1.165, 1.54) is 17.1 Å². The Hall–Kier alpha value is -1.82. The highest BCUT2D eigenvalue weighted by Gasteiger charge is 2.45. The zero-order valence-corrected chi connectivity index (χ0v) is 12.0. The molecule has 2 aromatic heterocycles. The van der Waals surface area contributed by atoms with Crippen LogP contribution < -0.4 is 5.73 Å². The van der Waals surface area contributed by atoms with Crippen LogP contribution >= 0.6 is 0 Å². The average molecular weight is 326 g/mol. The van der Waals surface area contributed by atoms with Gasteiger partial charge in [0.15, 0.2) is 6.23 Å². The van der Waals surface area contributed by atoms with Crippen molar-refractivity contribution in [3.05, 3.63) is 18.6 Å². The van der Waals surface area contributed by atoms with Crippen molar-refractivity contribution in [1.82, 2.24) is 14.5 Å². The first-order chi connectivity index (χ1) is 11.0. The van der Waals surface area contributed by atoms with Crippen molar-refractivity contribution in [2.75, 3.05) is 12.3 Å². The first kappa shape index (κ1) is 16.1. The maximum Gasteiger partial charge on any atom is 0.164 e. The third kappa shape index (κ3) is 2.55. The predicted molar refractivity (Wildman–Crippen MR) is 77.0 cm³/mol. The van der Waals surface area contributed by atoms with Crippen molar-refractivity contribution < 1.29 is 30.3 Å². The van der Waals surface area contributed by atoms with E-state index in [2.05, 4.69) is 9.97 Å². The van der Waals surface area contributed by atoms with Gasteiger partial charge in [0.2, 0.25) is 0 Å². The molecule has 0 amide bonds. The maximum atomic E-state index is 10.3. The van der Waals surface area contributed by atoms with E-state index in [0.717, 1.165) is 0 Å². The largest absolute Gasteiger partial charge is 0.394 e. The van der Waals surface area contributed by atoms with Crippen molar-refractivity contribution >= 4 is 16.9 Å². The molecule has 0 unspecified atom stereocenters. The Kier molecular flexibility index (Phi) is 4.19. The number of aliphatic hydroxyl groups is 5. The fraction of sp³-hybridized carbons (Fsp3) is 0.538. The standard InChI is InChI=1S/C13H18N4O6/c14-11-5-1-2-17(12(5)16-4-15-11)13-10(22)9(21)8(20)7(19)6(3-18)23-13/h1-2,4,6-10,13,18-22H,3H2,(H2,14,15,16)/t6-,7-,8-,9-,10-,13-/m1/s1. The summed E-state index contributed by atoms with van der Waals surface area (Å²) >= 11 is 0. The Labute approximate surface area is 130 Å². The minimum atomic E-state index is -1.68. The Bertz CT molecular complexity index is 692. The second-order valence-electron chi connectivity index (χ2n) is 5.43. The Morgan fingerprint density at radius 1 is 1.09 bits per heavy atom. The SMILES string of the molecule is Nc1ncnc2c1ccn2[C@@H]1O[C@H](CO)[C@@H](O)[C@@H](O)[C@@H](O)[C@H]1O. The number of nitrogen functional groups attached to an aromatic ring is 1. The molecule has 3 rings (SSSR count). The summed E-state index contributed by atoms with van der Waals surface area (Å²) in [5, 5.41) is 49.9. The van der Waals surface area contributed by atoms with Crippen LogP contribution in [-0.4, -0.2) is 77.2 Å². The van der Waals surface area contributed by atoms with E-state index >= 15 is 0 Å². The number of anilines is 1. The highest BCUT2D eigenvalue weighted by atomic mass is 16.6. The first-order valence-electron chi connectivity index (χ1n) is 7.01. The van der Waals surface area contributed by atoms with E-state index in [4.69, 9.17) is 10.5 Å². The molecule has 0 aromatic carbocycles. The molecule has 23 heavy (non-hydrogen) atoms. The molecule has 0 aliphatic carbocycles. The van der Waals surface area contributed by atoms with E-state index in [9.17, 15) is 25.5 Å². The summed E-state index contributed by atoms with van der Waals surface area (Å²) in [6.07, 6.45) is -6.11. The number of fused-ring (bicyclic) bond motifs is 1. The van der Waals surface area contributed by atoms with E-state index < -0.39 is 43.4 Å².